The number of ketones is 1. The third-order valence-corrected chi connectivity index (χ3v) is 5.22. The first-order chi connectivity index (χ1) is 14.8. The molecular formula is C24H25NO6. The monoisotopic (exact) mass is 423 g/mol. The summed E-state index contributed by atoms with van der Waals surface area (Å²) in [5.41, 5.74) is 1.96. The molecule has 1 aliphatic rings. The summed E-state index contributed by atoms with van der Waals surface area (Å²) >= 11 is 0. The molecule has 0 aliphatic carbocycles. The van der Waals surface area contributed by atoms with E-state index in [9.17, 15) is 19.5 Å². The first-order valence-corrected chi connectivity index (χ1v) is 9.89. The minimum atomic E-state index is -0.778. The lowest BCUT2D eigenvalue weighted by molar-refractivity contribution is -0.139. The zero-order valence-corrected chi connectivity index (χ0v) is 17.9. The number of anilines is 1. The highest BCUT2D eigenvalue weighted by atomic mass is 16.5. The van der Waals surface area contributed by atoms with Gasteiger partial charge >= 0.3 is 5.97 Å². The number of nitrogens with zero attached hydrogens (tertiary/aromatic N) is 1. The Bertz CT molecular complexity index is 1020. The standard InChI is InChI=1S/C24H25NO6/c1-14(2)22(27)20-21(16-7-11-18(30-3)12-8-16)25(24(29)23(20)28)17-9-5-15(6-10-17)13-19(26)31-4/h5-12,14,21,28H,13H2,1-4H3. The summed E-state index contributed by atoms with van der Waals surface area (Å²) < 4.78 is 9.89. The van der Waals surface area contributed by atoms with Crippen molar-refractivity contribution in [3.63, 3.8) is 0 Å². The molecule has 1 heterocycles. The lowest BCUT2D eigenvalue weighted by Gasteiger charge is -2.27. The van der Waals surface area contributed by atoms with Crippen molar-refractivity contribution in [2.24, 2.45) is 5.92 Å². The molecular weight excluding hydrogens is 398 g/mol. The topological polar surface area (TPSA) is 93.1 Å². The van der Waals surface area contributed by atoms with Crippen LogP contribution in [-0.4, -0.2) is 37.0 Å². The zero-order chi connectivity index (χ0) is 22.7. The van der Waals surface area contributed by atoms with Crippen LogP contribution >= 0.6 is 0 Å². The molecule has 2 aromatic rings. The molecule has 0 bridgehead atoms. The second-order valence-corrected chi connectivity index (χ2v) is 7.55. The SMILES string of the molecule is COC(=O)Cc1ccc(N2C(=O)C(O)=C(C(=O)C(C)C)C2c2ccc(OC)cc2)cc1. The van der Waals surface area contributed by atoms with Crippen molar-refractivity contribution >= 4 is 23.3 Å². The van der Waals surface area contributed by atoms with E-state index >= 15 is 0 Å². The summed E-state index contributed by atoms with van der Waals surface area (Å²) in [6.07, 6.45) is 0.104. The molecule has 7 heteroatoms. The summed E-state index contributed by atoms with van der Waals surface area (Å²) in [6, 6.07) is 13.0. The molecule has 162 valence electrons. The number of aliphatic hydroxyl groups is 1. The van der Waals surface area contributed by atoms with E-state index in [4.69, 9.17) is 4.74 Å². The summed E-state index contributed by atoms with van der Waals surface area (Å²) in [6.45, 7) is 3.45. The van der Waals surface area contributed by atoms with Crippen molar-refractivity contribution in [3.05, 3.63) is 71.0 Å². The molecule has 0 fully saturated rings. The molecule has 31 heavy (non-hydrogen) atoms. The third-order valence-electron chi connectivity index (χ3n) is 5.22. The highest BCUT2D eigenvalue weighted by Crippen LogP contribution is 2.42. The van der Waals surface area contributed by atoms with Gasteiger partial charge in [0, 0.05) is 11.6 Å². The Labute approximate surface area is 180 Å². The molecule has 0 saturated heterocycles. The van der Waals surface area contributed by atoms with Crippen LogP contribution in [0.25, 0.3) is 0 Å². The predicted molar refractivity (Wildman–Crippen MR) is 115 cm³/mol. The van der Waals surface area contributed by atoms with Gasteiger partial charge in [0.05, 0.1) is 32.3 Å². The molecule has 1 amide bonds. The van der Waals surface area contributed by atoms with Gasteiger partial charge in [0.15, 0.2) is 11.5 Å². The van der Waals surface area contributed by atoms with Crippen molar-refractivity contribution in [3.8, 4) is 5.75 Å². The summed E-state index contributed by atoms with van der Waals surface area (Å²) in [5.74, 6) is -1.62. The largest absolute Gasteiger partial charge is 0.503 e. The maximum Gasteiger partial charge on any atom is 0.309 e. The number of ether oxygens (including phenoxy) is 2. The van der Waals surface area contributed by atoms with Crippen LogP contribution in [0.1, 0.15) is 31.0 Å². The molecule has 1 N–H and O–H groups in total. The number of carbonyl (C=O) groups is 3. The van der Waals surface area contributed by atoms with Gasteiger partial charge in [-0.05, 0) is 35.4 Å². The fourth-order valence-electron chi connectivity index (χ4n) is 3.55. The van der Waals surface area contributed by atoms with E-state index in [-0.39, 0.29) is 23.7 Å². The average molecular weight is 423 g/mol. The average Bonchev–Trinajstić information content (AvgIpc) is 3.04. The lowest BCUT2D eigenvalue weighted by atomic mass is 9.91. The van der Waals surface area contributed by atoms with E-state index in [2.05, 4.69) is 4.74 Å². The van der Waals surface area contributed by atoms with E-state index in [0.717, 1.165) is 5.56 Å². The van der Waals surface area contributed by atoms with Crippen LogP contribution in [-0.2, 0) is 25.5 Å². The van der Waals surface area contributed by atoms with E-state index < -0.39 is 23.6 Å². The Morgan fingerprint density at radius 1 is 1.03 bits per heavy atom. The number of rotatable bonds is 7. The van der Waals surface area contributed by atoms with Crippen LogP contribution in [0.2, 0.25) is 0 Å². The van der Waals surface area contributed by atoms with Crippen LogP contribution in [0, 0.1) is 5.92 Å². The Morgan fingerprint density at radius 3 is 2.16 bits per heavy atom. The highest BCUT2D eigenvalue weighted by Gasteiger charge is 2.44. The van der Waals surface area contributed by atoms with Gasteiger partial charge in [-0.15, -0.1) is 0 Å². The van der Waals surface area contributed by atoms with Crippen LogP contribution in [0.3, 0.4) is 0 Å². The second-order valence-electron chi connectivity index (χ2n) is 7.55. The number of amides is 1. The number of benzene rings is 2. The quantitative estimate of drug-likeness (QED) is 0.685. The number of aliphatic hydroxyl groups excluding tert-OH is 1. The number of hydrogen-bond donors (Lipinski definition) is 1. The van der Waals surface area contributed by atoms with E-state index in [1.54, 1.807) is 69.5 Å². The van der Waals surface area contributed by atoms with E-state index in [1.807, 2.05) is 0 Å². The van der Waals surface area contributed by atoms with Crippen molar-refractivity contribution < 1.29 is 29.0 Å². The molecule has 0 aromatic heterocycles. The van der Waals surface area contributed by atoms with Crippen molar-refractivity contribution in [1.82, 2.24) is 0 Å². The van der Waals surface area contributed by atoms with Gasteiger partial charge < -0.3 is 14.6 Å². The second kappa shape index (κ2) is 9.04. The van der Waals surface area contributed by atoms with Gasteiger partial charge in [0.25, 0.3) is 5.91 Å². The Kier molecular flexibility index (Phi) is 6.44. The van der Waals surface area contributed by atoms with Gasteiger partial charge in [-0.3, -0.25) is 19.3 Å². The number of carbonyl (C=O) groups excluding carboxylic acids is 3. The van der Waals surface area contributed by atoms with Crippen LogP contribution in [0.5, 0.6) is 5.75 Å². The molecule has 1 unspecified atom stereocenters. The fraction of sp³-hybridized carbons (Fsp3) is 0.292. The van der Waals surface area contributed by atoms with Crippen molar-refractivity contribution in [2.45, 2.75) is 26.3 Å². The maximum atomic E-state index is 13.0. The minimum Gasteiger partial charge on any atom is -0.503 e. The molecule has 7 nitrogen and oxygen atoms in total. The first-order valence-electron chi connectivity index (χ1n) is 9.89. The van der Waals surface area contributed by atoms with Gasteiger partial charge in [-0.2, -0.15) is 0 Å². The summed E-state index contributed by atoms with van der Waals surface area (Å²) in [4.78, 5) is 38.9. The first kappa shape index (κ1) is 22.1. The van der Waals surface area contributed by atoms with E-state index in [0.29, 0.717) is 17.0 Å². The van der Waals surface area contributed by atoms with Gasteiger partial charge in [-0.25, -0.2) is 0 Å². The molecule has 1 aliphatic heterocycles. The Hall–Kier alpha value is -3.61. The zero-order valence-electron chi connectivity index (χ0n) is 17.9. The molecule has 0 saturated carbocycles. The van der Waals surface area contributed by atoms with Gasteiger partial charge in [-0.1, -0.05) is 38.1 Å². The van der Waals surface area contributed by atoms with E-state index in [1.165, 1.54) is 12.0 Å². The Balaban J connectivity index is 2.06. The minimum absolute atomic E-state index is 0.0730. The molecule has 2 aromatic carbocycles. The molecule has 0 radical (unpaired) electrons. The smallest absolute Gasteiger partial charge is 0.309 e. The Morgan fingerprint density at radius 2 is 1.65 bits per heavy atom. The normalized spacial score (nSPS) is 16.1. The predicted octanol–water partition coefficient (Wildman–Crippen LogP) is 3.54. The van der Waals surface area contributed by atoms with Crippen LogP contribution < -0.4 is 9.64 Å². The lowest BCUT2D eigenvalue weighted by Crippen LogP contribution is -2.31. The number of methoxy groups -OCH3 is 2. The summed E-state index contributed by atoms with van der Waals surface area (Å²) in [5, 5.41) is 10.6. The number of esters is 1. The molecule has 0 spiro atoms. The van der Waals surface area contributed by atoms with Crippen LogP contribution in [0.4, 0.5) is 5.69 Å². The maximum absolute atomic E-state index is 13.0. The fourth-order valence-corrected chi connectivity index (χ4v) is 3.55. The van der Waals surface area contributed by atoms with Crippen molar-refractivity contribution in [1.29, 1.82) is 0 Å². The summed E-state index contributed by atoms with van der Waals surface area (Å²) in [7, 11) is 2.87. The van der Waals surface area contributed by atoms with Crippen molar-refractivity contribution in [2.75, 3.05) is 19.1 Å². The van der Waals surface area contributed by atoms with Gasteiger partial charge in [0.1, 0.15) is 5.75 Å². The molecule has 1 atom stereocenters. The number of hydrogen-bond acceptors (Lipinski definition) is 6. The van der Waals surface area contributed by atoms with Gasteiger partial charge in [0.2, 0.25) is 0 Å². The molecule has 3 rings (SSSR count). The van der Waals surface area contributed by atoms with Crippen LogP contribution in [0.15, 0.2) is 59.9 Å². The highest BCUT2D eigenvalue weighted by molar-refractivity contribution is 6.16. The number of Topliss-reactive ketones (excluding diaryl/α,β-unsaturated/α-hetero) is 1. The third kappa shape index (κ3) is 4.30.